The maximum atomic E-state index is 11.9. The number of carbonyl (C=O) groups is 1. The Morgan fingerprint density at radius 2 is 2.18 bits per heavy atom. The van der Waals surface area contributed by atoms with Crippen molar-refractivity contribution >= 4 is 17.7 Å². The number of hydrogen-bond acceptors (Lipinski definition) is 5. The second-order valence-electron chi connectivity index (χ2n) is 4.69. The molecule has 0 fully saturated rings. The Morgan fingerprint density at radius 3 is 2.86 bits per heavy atom. The van der Waals surface area contributed by atoms with Crippen LogP contribution in [-0.2, 0) is 4.79 Å². The zero-order chi connectivity index (χ0) is 15.9. The molecule has 6 nitrogen and oxygen atoms in total. The van der Waals surface area contributed by atoms with E-state index in [0.717, 1.165) is 11.3 Å². The minimum absolute atomic E-state index is 0.0514. The average molecular weight is 315 g/mol. The highest BCUT2D eigenvalue weighted by Crippen LogP contribution is 2.22. The summed E-state index contributed by atoms with van der Waals surface area (Å²) in [5.74, 6) is 6.08. The minimum atomic E-state index is -0.0514. The lowest BCUT2D eigenvalue weighted by Crippen LogP contribution is -2.29. The third kappa shape index (κ3) is 4.02. The van der Waals surface area contributed by atoms with E-state index >= 15 is 0 Å². The molecule has 0 unspecified atom stereocenters. The van der Waals surface area contributed by atoms with E-state index in [2.05, 4.69) is 4.98 Å². The van der Waals surface area contributed by atoms with Crippen LogP contribution in [0.4, 0.5) is 0 Å². The molecule has 114 valence electrons. The van der Waals surface area contributed by atoms with Gasteiger partial charge in [0.25, 0.3) is 0 Å². The molecule has 7 heteroatoms. The predicted octanol–water partition coefficient (Wildman–Crippen LogP) is 1.73. The summed E-state index contributed by atoms with van der Waals surface area (Å²) in [4.78, 5) is 17.9. The topological polar surface area (TPSA) is 87.9 Å². The van der Waals surface area contributed by atoms with Gasteiger partial charge in [-0.2, -0.15) is 5.26 Å². The van der Waals surface area contributed by atoms with E-state index in [-0.39, 0.29) is 11.7 Å². The predicted molar refractivity (Wildman–Crippen MR) is 86.4 cm³/mol. The van der Waals surface area contributed by atoms with Gasteiger partial charge in [0.05, 0.1) is 30.1 Å². The van der Waals surface area contributed by atoms with Crippen molar-refractivity contribution in [2.24, 2.45) is 0 Å². The van der Waals surface area contributed by atoms with Crippen molar-refractivity contribution in [2.75, 3.05) is 25.2 Å². The Bertz CT molecular complexity index is 677. The first-order chi connectivity index (χ1) is 10.6. The molecule has 0 bridgehead atoms. The molecule has 1 amide bonds. The van der Waals surface area contributed by atoms with Crippen LogP contribution >= 0.6 is 11.8 Å². The maximum Gasteiger partial charge on any atom is 0.232 e. The number of hydrogen-bond donors (Lipinski definition) is 1. The molecule has 2 N–H and O–H groups in total. The Kier molecular flexibility index (Phi) is 5.44. The smallest absolute Gasteiger partial charge is 0.232 e. The van der Waals surface area contributed by atoms with E-state index < -0.39 is 0 Å². The van der Waals surface area contributed by atoms with E-state index in [0.29, 0.717) is 18.1 Å². The number of nitrogen functional groups attached to an aromatic ring is 1. The van der Waals surface area contributed by atoms with Crippen molar-refractivity contribution in [2.45, 2.75) is 11.6 Å². The van der Waals surface area contributed by atoms with Crippen molar-refractivity contribution in [1.29, 1.82) is 5.26 Å². The summed E-state index contributed by atoms with van der Waals surface area (Å²) in [6.45, 7) is 0.433. The van der Waals surface area contributed by atoms with Gasteiger partial charge in [-0.1, -0.05) is 42.1 Å². The Hall–Kier alpha value is -2.46. The molecule has 1 heterocycles. The quantitative estimate of drug-likeness (QED) is 0.648. The van der Waals surface area contributed by atoms with Crippen LogP contribution in [0.25, 0.3) is 11.3 Å². The Labute approximate surface area is 133 Å². The second-order valence-corrected chi connectivity index (χ2v) is 5.64. The Morgan fingerprint density at radius 1 is 1.45 bits per heavy atom. The van der Waals surface area contributed by atoms with Gasteiger partial charge in [-0.05, 0) is 0 Å². The molecular weight excluding hydrogens is 298 g/mol. The molecule has 0 radical (unpaired) electrons. The number of benzene rings is 1. The van der Waals surface area contributed by atoms with Crippen LogP contribution in [0.1, 0.15) is 6.42 Å². The van der Waals surface area contributed by atoms with Crippen LogP contribution in [0.3, 0.4) is 0 Å². The summed E-state index contributed by atoms with van der Waals surface area (Å²) in [6, 6.07) is 11.7. The van der Waals surface area contributed by atoms with Gasteiger partial charge in [0.1, 0.15) is 0 Å². The van der Waals surface area contributed by atoms with E-state index in [9.17, 15) is 4.79 Å². The molecule has 0 saturated heterocycles. The number of carbonyl (C=O) groups excluding carboxylic acids is 1. The zero-order valence-electron chi connectivity index (χ0n) is 12.3. The summed E-state index contributed by atoms with van der Waals surface area (Å²) >= 11 is 1.29. The standard InChI is InChI=1S/C15H17N5OS/c1-19(9-5-8-16)14(21)11-22-15-18-13(10-20(15)17)12-6-3-2-4-7-12/h2-4,6-7,10H,5,9,11,17H2,1H3. The summed E-state index contributed by atoms with van der Waals surface area (Å²) < 4.78 is 1.43. The first kappa shape index (κ1) is 15.9. The molecule has 22 heavy (non-hydrogen) atoms. The van der Waals surface area contributed by atoms with Gasteiger partial charge in [-0.25, -0.2) is 9.66 Å². The zero-order valence-corrected chi connectivity index (χ0v) is 13.1. The Balaban J connectivity index is 1.98. The molecule has 0 aliphatic rings. The highest BCUT2D eigenvalue weighted by Gasteiger charge is 2.13. The molecule has 0 saturated carbocycles. The lowest BCUT2D eigenvalue weighted by atomic mass is 10.2. The van der Waals surface area contributed by atoms with Crippen LogP contribution in [-0.4, -0.2) is 39.8 Å². The van der Waals surface area contributed by atoms with Gasteiger partial charge >= 0.3 is 0 Å². The molecule has 0 aliphatic heterocycles. The SMILES string of the molecule is CN(CCC#N)C(=O)CSc1nc(-c2ccccc2)cn1N. The van der Waals surface area contributed by atoms with E-state index in [4.69, 9.17) is 11.1 Å². The van der Waals surface area contributed by atoms with Crippen LogP contribution in [0.5, 0.6) is 0 Å². The van der Waals surface area contributed by atoms with Gasteiger partial charge < -0.3 is 10.7 Å². The van der Waals surface area contributed by atoms with Crippen LogP contribution in [0.15, 0.2) is 41.7 Å². The first-order valence-corrected chi connectivity index (χ1v) is 7.74. The summed E-state index contributed by atoms with van der Waals surface area (Å²) in [7, 11) is 1.69. The third-order valence-corrected chi connectivity index (χ3v) is 4.03. The number of rotatable bonds is 6. The fourth-order valence-electron chi connectivity index (χ4n) is 1.81. The normalized spacial score (nSPS) is 10.2. The highest BCUT2D eigenvalue weighted by atomic mass is 32.2. The third-order valence-electron chi connectivity index (χ3n) is 3.08. The average Bonchev–Trinajstić information content (AvgIpc) is 2.92. The number of aromatic nitrogens is 2. The second kappa shape index (κ2) is 7.52. The number of nitrogens with two attached hydrogens (primary N) is 1. The van der Waals surface area contributed by atoms with Crippen LogP contribution < -0.4 is 5.84 Å². The summed E-state index contributed by atoms with van der Waals surface area (Å²) in [6.07, 6.45) is 2.07. The maximum absolute atomic E-state index is 11.9. The van der Waals surface area contributed by atoms with Gasteiger partial charge in [0, 0.05) is 19.2 Å². The molecular formula is C15H17N5OS. The van der Waals surface area contributed by atoms with Crippen molar-refractivity contribution < 1.29 is 4.79 Å². The van der Waals surface area contributed by atoms with Crippen molar-refractivity contribution in [3.63, 3.8) is 0 Å². The highest BCUT2D eigenvalue weighted by molar-refractivity contribution is 7.99. The summed E-state index contributed by atoms with van der Waals surface area (Å²) in [5, 5.41) is 9.11. The minimum Gasteiger partial charge on any atom is -0.344 e. The molecule has 0 aliphatic carbocycles. The van der Waals surface area contributed by atoms with Crippen molar-refractivity contribution in [3.8, 4) is 17.3 Å². The molecule has 0 spiro atoms. The number of nitrogens with zero attached hydrogens (tertiary/aromatic N) is 4. The van der Waals surface area contributed by atoms with Gasteiger partial charge in [-0.15, -0.1) is 0 Å². The molecule has 2 rings (SSSR count). The van der Waals surface area contributed by atoms with Gasteiger partial charge in [-0.3, -0.25) is 4.79 Å². The van der Waals surface area contributed by atoms with E-state index in [1.165, 1.54) is 21.3 Å². The molecule has 0 atom stereocenters. The van der Waals surface area contributed by atoms with Crippen molar-refractivity contribution in [1.82, 2.24) is 14.6 Å². The van der Waals surface area contributed by atoms with Crippen LogP contribution in [0.2, 0.25) is 0 Å². The molecule has 1 aromatic heterocycles. The van der Waals surface area contributed by atoms with Crippen LogP contribution in [0, 0.1) is 11.3 Å². The van der Waals surface area contributed by atoms with E-state index in [1.807, 2.05) is 36.4 Å². The lowest BCUT2D eigenvalue weighted by Gasteiger charge is -2.14. The fourth-order valence-corrected chi connectivity index (χ4v) is 2.65. The monoisotopic (exact) mass is 315 g/mol. The molecule has 2 aromatic rings. The fraction of sp³-hybridized carbons (Fsp3) is 0.267. The van der Waals surface area contributed by atoms with Gasteiger partial charge in [0.15, 0.2) is 5.16 Å². The number of imidazole rings is 1. The lowest BCUT2D eigenvalue weighted by molar-refractivity contribution is -0.127. The number of nitriles is 1. The number of thioether (sulfide) groups is 1. The van der Waals surface area contributed by atoms with Gasteiger partial charge in [0.2, 0.25) is 5.91 Å². The van der Waals surface area contributed by atoms with E-state index in [1.54, 1.807) is 13.2 Å². The van der Waals surface area contributed by atoms with Crippen molar-refractivity contribution in [3.05, 3.63) is 36.5 Å². The molecule has 1 aromatic carbocycles. The largest absolute Gasteiger partial charge is 0.344 e. The number of amides is 1. The summed E-state index contributed by atoms with van der Waals surface area (Å²) in [5.41, 5.74) is 1.75. The first-order valence-electron chi connectivity index (χ1n) is 6.75.